The Kier molecular flexibility index (Phi) is 3.48. The molecule has 0 spiro atoms. The van der Waals surface area contributed by atoms with Crippen molar-refractivity contribution in [2.45, 2.75) is 12.8 Å². The van der Waals surface area contributed by atoms with Crippen LogP contribution in [-0.4, -0.2) is 48.4 Å². The van der Waals surface area contributed by atoms with Crippen molar-refractivity contribution < 1.29 is 0 Å². The molecule has 0 unspecified atom stereocenters. The van der Waals surface area contributed by atoms with Crippen LogP contribution in [0.3, 0.4) is 0 Å². The normalized spacial score (nSPS) is 23.1. The van der Waals surface area contributed by atoms with Gasteiger partial charge in [-0.25, -0.2) is 4.98 Å². The SMILES string of the molecule is SCC1(CN2CCN(c3ccccn3)CC2)CC1. The van der Waals surface area contributed by atoms with Crippen LogP contribution >= 0.6 is 12.6 Å². The molecule has 0 radical (unpaired) electrons. The molecule has 0 aromatic carbocycles. The van der Waals surface area contributed by atoms with E-state index < -0.39 is 0 Å². The molecular weight excluding hydrogens is 242 g/mol. The van der Waals surface area contributed by atoms with Crippen LogP contribution in [0.15, 0.2) is 24.4 Å². The van der Waals surface area contributed by atoms with Crippen molar-refractivity contribution >= 4 is 18.4 Å². The lowest BCUT2D eigenvalue weighted by Crippen LogP contribution is -2.48. The summed E-state index contributed by atoms with van der Waals surface area (Å²) in [5.74, 6) is 2.17. The van der Waals surface area contributed by atoms with Crippen LogP contribution in [0.25, 0.3) is 0 Å². The molecule has 0 N–H and O–H groups in total. The number of hydrogen-bond acceptors (Lipinski definition) is 4. The van der Waals surface area contributed by atoms with Crippen molar-refractivity contribution in [1.29, 1.82) is 0 Å². The molecule has 1 aliphatic heterocycles. The zero-order chi connectivity index (χ0) is 12.4. The Morgan fingerprint density at radius 2 is 1.94 bits per heavy atom. The summed E-state index contributed by atoms with van der Waals surface area (Å²) in [5.41, 5.74) is 0.552. The minimum absolute atomic E-state index is 0.552. The van der Waals surface area contributed by atoms with Crippen LogP contribution < -0.4 is 4.90 Å². The second-order valence-electron chi connectivity index (χ2n) is 5.61. The number of pyridine rings is 1. The Bertz CT molecular complexity index is 383. The molecule has 98 valence electrons. The van der Waals surface area contributed by atoms with E-state index in [2.05, 4.69) is 39.5 Å². The van der Waals surface area contributed by atoms with Gasteiger partial charge in [0.05, 0.1) is 0 Å². The summed E-state index contributed by atoms with van der Waals surface area (Å²) in [6.45, 7) is 5.75. The molecular formula is C14H21N3S. The van der Waals surface area contributed by atoms with Gasteiger partial charge < -0.3 is 4.90 Å². The lowest BCUT2D eigenvalue weighted by Gasteiger charge is -2.37. The zero-order valence-electron chi connectivity index (χ0n) is 10.8. The molecule has 0 bridgehead atoms. The van der Waals surface area contributed by atoms with E-state index in [1.807, 2.05) is 12.3 Å². The average molecular weight is 263 g/mol. The summed E-state index contributed by atoms with van der Waals surface area (Å²) >= 11 is 4.49. The summed E-state index contributed by atoms with van der Waals surface area (Å²) in [6, 6.07) is 6.14. The minimum Gasteiger partial charge on any atom is -0.354 e. The number of rotatable bonds is 4. The zero-order valence-corrected chi connectivity index (χ0v) is 11.6. The van der Waals surface area contributed by atoms with E-state index in [1.165, 1.54) is 19.4 Å². The topological polar surface area (TPSA) is 19.4 Å². The lowest BCUT2D eigenvalue weighted by molar-refractivity contribution is 0.218. The fourth-order valence-electron chi connectivity index (χ4n) is 2.69. The monoisotopic (exact) mass is 263 g/mol. The maximum Gasteiger partial charge on any atom is 0.128 e. The van der Waals surface area contributed by atoms with Gasteiger partial charge in [0.15, 0.2) is 0 Å². The number of thiol groups is 1. The van der Waals surface area contributed by atoms with E-state index in [-0.39, 0.29) is 0 Å². The Balaban J connectivity index is 1.52. The highest BCUT2D eigenvalue weighted by Gasteiger charge is 2.42. The van der Waals surface area contributed by atoms with Crippen molar-refractivity contribution in [3.05, 3.63) is 24.4 Å². The molecule has 1 saturated heterocycles. The van der Waals surface area contributed by atoms with Gasteiger partial charge >= 0.3 is 0 Å². The Morgan fingerprint density at radius 1 is 1.17 bits per heavy atom. The van der Waals surface area contributed by atoms with Crippen LogP contribution in [-0.2, 0) is 0 Å². The summed E-state index contributed by atoms with van der Waals surface area (Å²) in [4.78, 5) is 9.41. The van der Waals surface area contributed by atoms with Gasteiger partial charge in [-0.2, -0.15) is 12.6 Å². The summed E-state index contributed by atoms with van der Waals surface area (Å²) in [6.07, 6.45) is 4.62. The van der Waals surface area contributed by atoms with Crippen LogP contribution in [0.4, 0.5) is 5.82 Å². The van der Waals surface area contributed by atoms with Crippen LogP contribution in [0.2, 0.25) is 0 Å². The van der Waals surface area contributed by atoms with Crippen LogP contribution in [0.1, 0.15) is 12.8 Å². The molecule has 2 heterocycles. The Hall–Kier alpha value is -0.740. The van der Waals surface area contributed by atoms with Gasteiger partial charge in [0.25, 0.3) is 0 Å². The Morgan fingerprint density at radius 3 is 2.50 bits per heavy atom. The molecule has 2 aliphatic rings. The predicted octanol–water partition coefficient (Wildman–Crippen LogP) is 1.91. The van der Waals surface area contributed by atoms with Crippen molar-refractivity contribution in [2.75, 3.05) is 43.4 Å². The molecule has 1 aliphatic carbocycles. The molecule has 0 atom stereocenters. The summed E-state index contributed by atoms with van der Waals surface area (Å²) < 4.78 is 0. The fourth-order valence-corrected chi connectivity index (χ4v) is 3.11. The Labute approximate surface area is 115 Å². The number of aromatic nitrogens is 1. The highest BCUT2D eigenvalue weighted by atomic mass is 32.1. The third-order valence-corrected chi connectivity index (χ3v) is 4.87. The van der Waals surface area contributed by atoms with E-state index in [0.717, 1.165) is 37.7 Å². The van der Waals surface area contributed by atoms with Crippen molar-refractivity contribution in [3.8, 4) is 0 Å². The molecule has 1 aromatic rings. The van der Waals surface area contributed by atoms with Gasteiger partial charge in [-0.15, -0.1) is 0 Å². The largest absolute Gasteiger partial charge is 0.354 e. The van der Waals surface area contributed by atoms with E-state index >= 15 is 0 Å². The number of hydrogen-bond donors (Lipinski definition) is 1. The van der Waals surface area contributed by atoms with Gasteiger partial charge in [-0.05, 0) is 36.1 Å². The minimum atomic E-state index is 0.552. The molecule has 18 heavy (non-hydrogen) atoms. The number of nitrogens with zero attached hydrogens (tertiary/aromatic N) is 3. The fraction of sp³-hybridized carbons (Fsp3) is 0.643. The molecule has 4 heteroatoms. The van der Waals surface area contributed by atoms with Gasteiger partial charge in [-0.3, -0.25) is 4.90 Å². The van der Waals surface area contributed by atoms with Gasteiger partial charge in [0, 0.05) is 38.9 Å². The van der Waals surface area contributed by atoms with Crippen molar-refractivity contribution in [3.63, 3.8) is 0 Å². The molecule has 1 aromatic heterocycles. The lowest BCUT2D eigenvalue weighted by atomic mass is 10.1. The molecule has 1 saturated carbocycles. The van der Waals surface area contributed by atoms with Crippen LogP contribution in [0, 0.1) is 5.41 Å². The quantitative estimate of drug-likeness (QED) is 0.838. The van der Waals surface area contributed by atoms with Crippen molar-refractivity contribution in [1.82, 2.24) is 9.88 Å². The average Bonchev–Trinajstić information content (AvgIpc) is 3.21. The maximum absolute atomic E-state index is 4.49. The van der Waals surface area contributed by atoms with Crippen molar-refractivity contribution in [2.24, 2.45) is 5.41 Å². The first kappa shape index (κ1) is 12.3. The molecule has 2 fully saturated rings. The van der Waals surface area contributed by atoms with E-state index in [1.54, 1.807) is 0 Å². The summed E-state index contributed by atoms with van der Waals surface area (Å²) in [5, 5.41) is 0. The van der Waals surface area contributed by atoms with Gasteiger partial charge in [0.2, 0.25) is 0 Å². The predicted molar refractivity (Wildman–Crippen MR) is 78.4 cm³/mol. The van der Waals surface area contributed by atoms with Gasteiger partial charge in [-0.1, -0.05) is 6.07 Å². The number of anilines is 1. The summed E-state index contributed by atoms with van der Waals surface area (Å²) in [7, 11) is 0. The standard InChI is InChI=1S/C14H21N3S/c18-12-14(4-5-14)11-16-7-9-17(10-8-16)13-3-1-2-6-15-13/h1-3,6,18H,4-5,7-12H2. The molecule has 0 amide bonds. The highest BCUT2D eigenvalue weighted by Crippen LogP contribution is 2.47. The third kappa shape index (κ3) is 2.64. The second kappa shape index (κ2) is 5.10. The number of piperazine rings is 1. The first-order chi connectivity index (χ1) is 8.81. The molecule has 3 nitrogen and oxygen atoms in total. The second-order valence-corrected chi connectivity index (χ2v) is 5.93. The van der Waals surface area contributed by atoms with E-state index in [9.17, 15) is 0 Å². The first-order valence-electron chi connectivity index (χ1n) is 6.81. The van der Waals surface area contributed by atoms with Crippen LogP contribution in [0.5, 0.6) is 0 Å². The maximum atomic E-state index is 4.49. The smallest absolute Gasteiger partial charge is 0.128 e. The van der Waals surface area contributed by atoms with E-state index in [0.29, 0.717) is 5.41 Å². The van der Waals surface area contributed by atoms with Gasteiger partial charge in [0.1, 0.15) is 5.82 Å². The highest BCUT2D eigenvalue weighted by molar-refractivity contribution is 7.80. The first-order valence-corrected chi connectivity index (χ1v) is 7.44. The third-order valence-electron chi connectivity index (χ3n) is 4.20. The van der Waals surface area contributed by atoms with E-state index in [4.69, 9.17) is 0 Å². The molecule has 3 rings (SSSR count).